The molecule has 0 radical (unpaired) electrons. The first-order valence-corrected chi connectivity index (χ1v) is 12.1. The molecule has 1 aliphatic heterocycles. The molecule has 34 heavy (non-hydrogen) atoms. The highest BCUT2D eigenvalue weighted by atomic mass is 79.9. The van der Waals surface area contributed by atoms with Gasteiger partial charge in [-0.1, -0.05) is 85.2 Å². The maximum absolute atomic E-state index is 13.5. The van der Waals surface area contributed by atoms with Crippen molar-refractivity contribution in [1.82, 2.24) is 4.90 Å². The van der Waals surface area contributed by atoms with Crippen LogP contribution in [-0.4, -0.2) is 34.7 Å². The number of nitrogens with zero attached hydrogens (tertiary/aromatic N) is 1. The number of likely N-dealkylation sites (tertiary alicyclic amines) is 1. The number of phenols is 1. The average Bonchev–Trinajstić information content (AvgIpc) is 3.03. The van der Waals surface area contributed by atoms with Crippen molar-refractivity contribution in [1.29, 1.82) is 5.41 Å². The largest absolute Gasteiger partial charge is 0.507 e. The van der Waals surface area contributed by atoms with E-state index in [1.165, 1.54) is 5.56 Å². The van der Waals surface area contributed by atoms with Crippen LogP contribution in [0.2, 0.25) is 0 Å². The molecule has 2 aromatic carbocycles. The van der Waals surface area contributed by atoms with Crippen LogP contribution in [-0.2, 0) is 10.8 Å². The summed E-state index contributed by atoms with van der Waals surface area (Å²) in [5.41, 5.74) is 2.87. The van der Waals surface area contributed by atoms with Crippen LogP contribution in [0.15, 0.2) is 42.5 Å². The number of phenolic OH excluding ortho intramolecular Hbond substituents is 1. The fourth-order valence-corrected chi connectivity index (χ4v) is 4.93. The Bertz CT molecular complexity index is 984. The van der Waals surface area contributed by atoms with E-state index >= 15 is 0 Å². The van der Waals surface area contributed by atoms with Crippen molar-refractivity contribution in [2.45, 2.75) is 78.1 Å². The maximum Gasteiger partial charge on any atom is 0.182 e. The van der Waals surface area contributed by atoms with Crippen molar-refractivity contribution >= 4 is 28.6 Å². The van der Waals surface area contributed by atoms with Crippen LogP contribution in [0, 0.1) is 11.3 Å². The van der Waals surface area contributed by atoms with Crippen LogP contribution < -0.4 is 0 Å². The van der Waals surface area contributed by atoms with Gasteiger partial charge < -0.3 is 10.0 Å². The van der Waals surface area contributed by atoms with Crippen LogP contribution in [0.1, 0.15) is 94.3 Å². The highest BCUT2D eigenvalue weighted by Crippen LogP contribution is 2.40. The summed E-state index contributed by atoms with van der Waals surface area (Å²) < 4.78 is 0. The molecule has 2 atom stereocenters. The monoisotopic (exact) mass is 528 g/mol. The fraction of sp³-hybridized carbons (Fsp3) is 0.517. The van der Waals surface area contributed by atoms with Gasteiger partial charge in [0.1, 0.15) is 11.6 Å². The Kier molecular flexibility index (Phi) is 8.79. The van der Waals surface area contributed by atoms with Crippen LogP contribution in [0.5, 0.6) is 5.75 Å². The third-order valence-electron chi connectivity index (χ3n) is 6.80. The zero-order valence-corrected chi connectivity index (χ0v) is 23.4. The Morgan fingerprint density at radius 2 is 1.56 bits per heavy atom. The minimum Gasteiger partial charge on any atom is -0.507 e. The van der Waals surface area contributed by atoms with Gasteiger partial charge in [0.2, 0.25) is 0 Å². The molecule has 0 unspecified atom stereocenters. The lowest BCUT2D eigenvalue weighted by molar-refractivity contribution is 0.0964. The summed E-state index contributed by atoms with van der Waals surface area (Å²) in [6, 6.07) is 14.1. The van der Waals surface area contributed by atoms with E-state index in [0.29, 0.717) is 17.9 Å². The van der Waals surface area contributed by atoms with Crippen molar-refractivity contribution in [3.05, 3.63) is 64.7 Å². The maximum atomic E-state index is 13.5. The van der Waals surface area contributed by atoms with Crippen molar-refractivity contribution in [2.75, 3.05) is 13.1 Å². The van der Waals surface area contributed by atoms with Gasteiger partial charge in [0.15, 0.2) is 5.78 Å². The molecule has 1 saturated heterocycles. The zero-order valence-electron chi connectivity index (χ0n) is 21.7. The van der Waals surface area contributed by atoms with Crippen LogP contribution in [0.3, 0.4) is 0 Å². The Morgan fingerprint density at radius 3 is 2.03 bits per heavy atom. The number of carbonyl (C=O) groups is 1. The van der Waals surface area contributed by atoms with Crippen molar-refractivity contribution in [3.63, 3.8) is 0 Å². The number of benzene rings is 2. The predicted octanol–water partition coefficient (Wildman–Crippen LogP) is 7.24. The lowest BCUT2D eigenvalue weighted by Crippen LogP contribution is -2.32. The van der Waals surface area contributed by atoms with Crippen LogP contribution in [0.25, 0.3) is 0 Å². The minimum atomic E-state index is -0.286. The molecule has 1 aliphatic rings. The SMILES string of the molecule is Br.CCC[C@H]1C(=N)N(CC(=O)c2cc(C(C)(C)C)c(O)c(C(C)(C)C)c2)C[C@@H]1c1ccccc1. The molecule has 5 heteroatoms. The number of hydrogen-bond donors (Lipinski definition) is 2. The Hall–Kier alpha value is -2.14. The van der Waals surface area contributed by atoms with Crippen molar-refractivity contribution in [2.24, 2.45) is 5.92 Å². The molecule has 2 aromatic rings. The van der Waals surface area contributed by atoms with Gasteiger partial charge in [-0.05, 0) is 34.9 Å². The molecular formula is C29H41BrN2O2. The number of halogens is 1. The first-order chi connectivity index (χ1) is 15.3. The van der Waals surface area contributed by atoms with Crippen molar-refractivity contribution in [3.8, 4) is 5.75 Å². The lowest BCUT2D eigenvalue weighted by atomic mass is 9.78. The summed E-state index contributed by atoms with van der Waals surface area (Å²) in [6.45, 7) is 15.4. The second-order valence-corrected chi connectivity index (χ2v) is 11.5. The topological polar surface area (TPSA) is 64.4 Å². The molecule has 0 amide bonds. The first kappa shape index (κ1) is 28.1. The summed E-state index contributed by atoms with van der Waals surface area (Å²) in [5, 5.41) is 19.8. The molecule has 4 nitrogen and oxygen atoms in total. The normalized spacial score (nSPS) is 18.7. The van der Waals surface area contributed by atoms with Gasteiger partial charge in [-0.2, -0.15) is 0 Å². The number of nitrogens with one attached hydrogen (secondary N) is 1. The van der Waals surface area contributed by atoms with Gasteiger partial charge in [0, 0.05) is 35.1 Å². The van der Waals surface area contributed by atoms with E-state index in [1.54, 1.807) is 0 Å². The Balaban J connectivity index is 0.00000408. The Labute approximate surface area is 216 Å². The van der Waals surface area contributed by atoms with E-state index in [-0.39, 0.29) is 57.7 Å². The Morgan fingerprint density at radius 1 is 1.03 bits per heavy atom. The van der Waals surface area contributed by atoms with Crippen LogP contribution in [0.4, 0.5) is 0 Å². The highest BCUT2D eigenvalue weighted by Gasteiger charge is 2.38. The smallest absolute Gasteiger partial charge is 0.182 e. The molecule has 0 bridgehead atoms. The molecule has 0 aromatic heterocycles. The van der Waals surface area contributed by atoms with Gasteiger partial charge in [0.05, 0.1) is 6.54 Å². The number of rotatable bonds is 6. The third kappa shape index (κ3) is 5.91. The molecule has 1 heterocycles. The van der Waals surface area contributed by atoms with E-state index in [4.69, 9.17) is 5.41 Å². The zero-order chi connectivity index (χ0) is 24.6. The van der Waals surface area contributed by atoms with E-state index in [2.05, 4.69) is 60.6 Å². The molecule has 1 fully saturated rings. The number of Topliss-reactive ketones (excluding diaryl/α,β-unsaturated/α-hetero) is 1. The minimum absolute atomic E-state index is 0. The predicted molar refractivity (Wildman–Crippen MR) is 147 cm³/mol. The summed E-state index contributed by atoms with van der Waals surface area (Å²) in [5.74, 6) is 1.24. The summed E-state index contributed by atoms with van der Waals surface area (Å²) in [6.07, 6.45) is 1.96. The standard InChI is InChI=1S/C29H40N2O2.BrH/c1-8-12-21-22(19-13-10-9-11-14-19)17-31(27(21)30)18-25(32)20-15-23(28(2,3)4)26(33)24(16-20)29(5,6)7;/h9-11,13-16,21-22,30,33H,8,12,17-18H2,1-7H3;1H/t21-,22-;/m1./s1. The van der Waals surface area contributed by atoms with E-state index < -0.39 is 0 Å². The summed E-state index contributed by atoms with van der Waals surface area (Å²) in [4.78, 5) is 15.5. The van der Waals surface area contributed by atoms with Gasteiger partial charge >= 0.3 is 0 Å². The quantitative estimate of drug-likeness (QED) is 0.388. The van der Waals surface area contributed by atoms with E-state index in [1.807, 2.05) is 35.2 Å². The molecular weight excluding hydrogens is 488 g/mol. The summed E-state index contributed by atoms with van der Waals surface area (Å²) >= 11 is 0. The highest BCUT2D eigenvalue weighted by molar-refractivity contribution is 8.93. The third-order valence-corrected chi connectivity index (χ3v) is 6.80. The average molecular weight is 530 g/mol. The van der Waals surface area contributed by atoms with Gasteiger partial charge in [-0.3, -0.25) is 10.2 Å². The lowest BCUT2D eigenvalue weighted by Gasteiger charge is -2.28. The van der Waals surface area contributed by atoms with Gasteiger partial charge in [-0.15, -0.1) is 17.0 Å². The molecule has 0 spiro atoms. The van der Waals surface area contributed by atoms with Gasteiger partial charge in [-0.25, -0.2) is 0 Å². The van der Waals surface area contributed by atoms with E-state index in [0.717, 1.165) is 24.0 Å². The fourth-order valence-electron chi connectivity index (χ4n) is 4.93. The molecule has 0 aliphatic carbocycles. The number of ketones is 1. The second kappa shape index (κ2) is 10.6. The number of hydrogen-bond acceptors (Lipinski definition) is 3. The van der Waals surface area contributed by atoms with Crippen LogP contribution >= 0.6 is 17.0 Å². The molecule has 186 valence electrons. The number of aromatic hydroxyl groups is 1. The molecule has 3 rings (SSSR count). The molecule has 0 saturated carbocycles. The molecule has 2 N–H and O–H groups in total. The van der Waals surface area contributed by atoms with E-state index in [9.17, 15) is 9.90 Å². The second-order valence-electron chi connectivity index (χ2n) is 11.5. The van der Waals surface area contributed by atoms with Gasteiger partial charge in [0.25, 0.3) is 0 Å². The number of amidine groups is 1. The van der Waals surface area contributed by atoms with Crippen molar-refractivity contribution < 1.29 is 9.90 Å². The summed E-state index contributed by atoms with van der Waals surface area (Å²) in [7, 11) is 0. The first-order valence-electron chi connectivity index (χ1n) is 12.1. The number of carbonyl (C=O) groups excluding carboxylic acids is 1.